The van der Waals surface area contributed by atoms with Crippen LogP contribution in [-0.2, 0) is 7.05 Å². The zero-order chi connectivity index (χ0) is 16.3. The Bertz CT molecular complexity index is 696. The van der Waals surface area contributed by atoms with Gasteiger partial charge in [-0.3, -0.25) is 19.6 Å². The number of benzene rings is 1. The molecular weight excluding hydrogens is 288 g/mol. The van der Waals surface area contributed by atoms with Crippen molar-refractivity contribution in [2.75, 3.05) is 6.54 Å². The van der Waals surface area contributed by atoms with E-state index in [0.29, 0.717) is 5.56 Å². The summed E-state index contributed by atoms with van der Waals surface area (Å²) in [5.41, 5.74) is 0.358. The predicted octanol–water partition coefficient (Wildman–Crippen LogP) is 1.10. The van der Waals surface area contributed by atoms with Crippen molar-refractivity contribution in [1.82, 2.24) is 15.1 Å². The lowest BCUT2D eigenvalue weighted by Gasteiger charge is -2.12. The van der Waals surface area contributed by atoms with E-state index in [4.69, 9.17) is 0 Å². The maximum absolute atomic E-state index is 12.2. The monoisotopic (exact) mass is 304 g/mol. The van der Waals surface area contributed by atoms with Gasteiger partial charge in [0, 0.05) is 13.6 Å². The van der Waals surface area contributed by atoms with E-state index in [2.05, 4.69) is 10.4 Å². The number of hydrogen-bond donors (Lipinski definition) is 2. The number of nitro groups is 1. The number of aliphatic hydroxyl groups is 1. The topological polar surface area (TPSA) is 110 Å². The van der Waals surface area contributed by atoms with E-state index in [-0.39, 0.29) is 23.6 Å². The lowest BCUT2D eigenvalue weighted by Crippen LogP contribution is -2.30. The molecule has 2 N–H and O–H groups in total. The minimum Gasteiger partial charge on any atom is -0.387 e. The number of hydrogen-bond acceptors (Lipinski definition) is 5. The summed E-state index contributed by atoms with van der Waals surface area (Å²) in [7, 11) is 1.46. The smallest absolute Gasteiger partial charge is 0.322 e. The summed E-state index contributed by atoms with van der Waals surface area (Å²) in [4.78, 5) is 22.6. The molecule has 1 aromatic heterocycles. The van der Waals surface area contributed by atoms with E-state index in [1.165, 1.54) is 14.0 Å². The van der Waals surface area contributed by atoms with Crippen molar-refractivity contribution in [2.45, 2.75) is 13.0 Å². The summed E-state index contributed by atoms with van der Waals surface area (Å²) in [6.45, 7) is 1.41. The molecule has 1 aromatic carbocycles. The minimum absolute atomic E-state index is 0.0514. The van der Waals surface area contributed by atoms with Crippen molar-refractivity contribution in [1.29, 1.82) is 0 Å². The number of nitrogens with one attached hydrogen (secondary N) is 1. The molecule has 0 spiro atoms. The molecule has 2 rings (SSSR count). The van der Waals surface area contributed by atoms with Gasteiger partial charge in [-0.15, -0.1) is 0 Å². The molecule has 0 aliphatic heterocycles. The van der Waals surface area contributed by atoms with Crippen molar-refractivity contribution < 1.29 is 14.8 Å². The molecule has 1 atom stereocenters. The first-order valence-corrected chi connectivity index (χ1v) is 6.61. The standard InChI is InChI=1S/C14H16N4O4/c1-9-12(18(21)22)13(17(2)16-9)14(20)15-8-11(19)10-6-4-3-5-7-10/h3-7,11,19H,8H2,1-2H3,(H,15,20). The Labute approximate surface area is 126 Å². The highest BCUT2D eigenvalue weighted by Crippen LogP contribution is 2.22. The Morgan fingerprint density at radius 3 is 2.68 bits per heavy atom. The van der Waals surface area contributed by atoms with E-state index < -0.39 is 16.9 Å². The molecule has 0 aliphatic rings. The summed E-state index contributed by atoms with van der Waals surface area (Å²) in [5, 5.41) is 27.4. The zero-order valence-electron chi connectivity index (χ0n) is 12.2. The number of carbonyl (C=O) groups excluding carboxylic acids is 1. The van der Waals surface area contributed by atoms with E-state index >= 15 is 0 Å². The van der Waals surface area contributed by atoms with Crippen LogP contribution in [0.25, 0.3) is 0 Å². The normalized spacial score (nSPS) is 12.0. The summed E-state index contributed by atoms with van der Waals surface area (Å²) in [6, 6.07) is 8.82. The van der Waals surface area contributed by atoms with Crippen LogP contribution in [0, 0.1) is 17.0 Å². The minimum atomic E-state index is -0.890. The van der Waals surface area contributed by atoms with E-state index in [1.54, 1.807) is 24.3 Å². The van der Waals surface area contributed by atoms with Gasteiger partial charge in [0.2, 0.25) is 5.69 Å². The number of carbonyl (C=O) groups is 1. The van der Waals surface area contributed by atoms with Crippen LogP contribution < -0.4 is 5.32 Å². The number of aryl methyl sites for hydroxylation is 2. The Hall–Kier alpha value is -2.74. The summed E-state index contributed by atoms with van der Waals surface area (Å²) in [5.74, 6) is -0.648. The van der Waals surface area contributed by atoms with Gasteiger partial charge in [0.1, 0.15) is 5.69 Å². The molecule has 22 heavy (non-hydrogen) atoms. The van der Waals surface area contributed by atoms with Crippen LogP contribution >= 0.6 is 0 Å². The average Bonchev–Trinajstić information content (AvgIpc) is 2.80. The molecule has 1 unspecified atom stereocenters. The largest absolute Gasteiger partial charge is 0.387 e. The zero-order valence-corrected chi connectivity index (χ0v) is 12.2. The van der Waals surface area contributed by atoms with Crippen LogP contribution in [0.4, 0.5) is 5.69 Å². The van der Waals surface area contributed by atoms with E-state index in [9.17, 15) is 20.0 Å². The molecule has 1 amide bonds. The molecule has 8 heteroatoms. The molecule has 1 heterocycles. The van der Waals surface area contributed by atoms with Crippen LogP contribution in [0.3, 0.4) is 0 Å². The fourth-order valence-electron chi connectivity index (χ4n) is 2.19. The van der Waals surface area contributed by atoms with Crippen LogP contribution in [-0.4, -0.2) is 32.3 Å². The van der Waals surface area contributed by atoms with E-state index in [1.807, 2.05) is 6.07 Å². The number of aromatic nitrogens is 2. The lowest BCUT2D eigenvalue weighted by atomic mass is 10.1. The van der Waals surface area contributed by atoms with Gasteiger partial charge in [-0.05, 0) is 12.5 Å². The maximum atomic E-state index is 12.2. The second kappa shape index (κ2) is 6.35. The Morgan fingerprint density at radius 1 is 1.45 bits per heavy atom. The second-order valence-electron chi connectivity index (χ2n) is 4.80. The van der Waals surface area contributed by atoms with Crippen molar-refractivity contribution in [3.8, 4) is 0 Å². The maximum Gasteiger partial charge on any atom is 0.322 e. The quantitative estimate of drug-likeness (QED) is 0.635. The fraction of sp³-hybridized carbons (Fsp3) is 0.286. The lowest BCUT2D eigenvalue weighted by molar-refractivity contribution is -0.385. The highest BCUT2D eigenvalue weighted by Gasteiger charge is 2.29. The van der Waals surface area contributed by atoms with Crippen LogP contribution in [0.2, 0.25) is 0 Å². The van der Waals surface area contributed by atoms with Crippen molar-refractivity contribution in [2.24, 2.45) is 7.05 Å². The predicted molar refractivity (Wildman–Crippen MR) is 78.3 cm³/mol. The molecule has 0 radical (unpaired) electrons. The molecule has 0 aliphatic carbocycles. The van der Waals surface area contributed by atoms with Crippen LogP contribution in [0.5, 0.6) is 0 Å². The van der Waals surface area contributed by atoms with E-state index in [0.717, 1.165) is 4.68 Å². The highest BCUT2D eigenvalue weighted by atomic mass is 16.6. The van der Waals surface area contributed by atoms with Gasteiger partial charge in [-0.2, -0.15) is 5.10 Å². The SMILES string of the molecule is Cc1nn(C)c(C(=O)NCC(O)c2ccccc2)c1[N+](=O)[O-]. The Balaban J connectivity index is 2.12. The highest BCUT2D eigenvalue weighted by molar-refractivity contribution is 5.96. The Kier molecular flexibility index (Phi) is 4.52. The van der Waals surface area contributed by atoms with Gasteiger partial charge >= 0.3 is 5.69 Å². The first kappa shape index (κ1) is 15.6. The van der Waals surface area contributed by atoms with Gasteiger partial charge in [0.05, 0.1) is 11.0 Å². The Morgan fingerprint density at radius 2 is 2.09 bits per heavy atom. The van der Waals surface area contributed by atoms with Crippen LogP contribution in [0.1, 0.15) is 27.8 Å². The molecule has 116 valence electrons. The number of nitrogens with zero attached hydrogens (tertiary/aromatic N) is 3. The molecule has 8 nitrogen and oxygen atoms in total. The van der Waals surface area contributed by atoms with Gasteiger partial charge in [-0.1, -0.05) is 30.3 Å². The second-order valence-corrected chi connectivity index (χ2v) is 4.80. The molecule has 0 saturated carbocycles. The van der Waals surface area contributed by atoms with Gasteiger partial charge < -0.3 is 10.4 Å². The fourth-order valence-corrected chi connectivity index (χ4v) is 2.19. The number of amides is 1. The van der Waals surface area contributed by atoms with Gasteiger partial charge in [-0.25, -0.2) is 0 Å². The van der Waals surface area contributed by atoms with Gasteiger partial charge in [0.25, 0.3) is 5.91 Å². The average molecular weight is 304 g/mol. The first-order valence-electron chi connectivity index (χ1n) is 6.61. The number of rotatable bonds is 5. The number of aliphatic hydroxyl groups excluding tert-OH is 1. The molecular formula is C14H16N4O4. The third-order valence-corrected chi connectivity index (χ3v) is 3.23. The van der Waals surface area contributed by atoms with Crippen molar-refractivity contribution >= 4 is 11.6 Å². The third-order valence-electron chi connectivity index (χ3n) is 3.23. The summed E-state index contributed by atoms with van der Waals surface area (Å²) < 4.78 is 1.16. The van der Waals surface area contributed by atoms with Crippen LogP contribution in [0.15, 0.2) is 30.3 Å². The van der Waals surface area contributed by atoms with Crippen molar-refractivity contribution in [3.63, 3.8) is 0 Å². The molecule has 0 saturated heterocycles. The summed E-state index contributed by atoms with van der Waals surface area (Å²) >= 11 is 0. The molecule has 0 bridgehead atoms. The van der Waals surface area contributed by atoms with Gasteiger partial charge in [0.15, 0.2) is 0 Å². The first-order chi connectivity index (χ1) is 10.4. The summed E-state index contributed by atoms with van der Waals surface area (Å²) in [6.07, 6.45) is -0.890. The molecule has 2 aromatic rings. The van der Waals surface area contributed by atoms with Crippen molar-refractivity contribution in [3.05, 3.63) is 57.4 Å². The third kappa shape index (κ3) is 3.12. The molecule has 0 fully saturated rings.